The molecule has 0 fully saturated rings. The summed E-state index contributed by atoms with van der Waals surface area (Å²) in [4.78, 5) is 1.65. The van der Waals surface area contributed by atoms with Gasteiger partial charge in [0.25, 0.3) is 0 Å². The SMILES string of the molecule is CCNC(Cc1ccc(Br)s1)c1ccc(S(C)(=O)=O)cc1. The van der Waals surface area contributed by atoms with Crippen LogP contribution in [0, 0.1) is 0 Å². The van der Waals surface area contributed by atoms with Crippen LogP contribution in [0.2, 0.25) is 0 Å². The molecule has 0 amide bonds. The molecule has 1 heterocycles. The van der Waals surface area contributed by atoms with Crippen molar-refractivity contribution in [2.75, 3.05) is 12.8 Å². The summed E-state index contributed by atoms with van der Waals surface area (Å²) in [5.74, 6) is 0. The average molecular weight is 388 g/mol. The number of nitrogens with one attached hydrogen (secondary N) is 1. The van der Waals surface area contributed by atoms with Gasteiger partial charge in [-0.1, -0.05) is 19.1 Å². The van der Waals surface area contributed by atoms with Gasteiger partial charge in [-0.3, -0.25) is 0 Å². The molecule has 0 aliphatic rings. The quantitative estimate of drug-likeness (QED) is 0.819. The molecule has 0 saturated heterocycles. The van der Waals surface area contributed by atoms with Gasteiger partial charge in [0, 0.05) is 23.6 Å². The van der Waals surface area contributed by atoms with E-state index in [1.807, 2.05) is 12.1 Å². The van der Waals surface area contributed by atoms with E-state index in [1.54, 1.807) is 23.5 Å². The molecule has 2 aromatic rings. The van der Waals surface area contributed by atoms with E-state index < -0.39 is 9.84 Å². The summed E-state index contributed by atoms with van der Waals surface area (Å²) < 4.78 is 24.2. The third kappa shape index (κ3) is 4.64. The van der Waals surface area contributed by atoms with Crippen molar-refractivity contribution in [3.63, 3.8) is 0 Å². The Morgan fingerprint density at radius 2 is 1.86 bits per heavy atom. The topological polar surface area (TPSA) is 46.2 Å². The number of thiophene rings is 1. The van der Waals surface area contributed by atoms with Crippen LogP contribution in [0.25, 0.3) is 0 Å². The summed E-state index contributed by atoms with van der Waals surface area (Å²) >= 11 is 5.20. The lowest BCUT2D eigenvalue weighted by Gasteiger charge is -2.18. The number of sulfone groups is 1. The number of likely N-dealkylation sites (N-methyl/N-ethyl adjacent to an activating group) is 1. The minimum absolute atomic E-state index is 0.189. The van der Waals surface area contributed by atoms with Gasteiger partial charge in [0.2, 0.25) is 0 Å². The Labute approximate surface area is 138 Å². The molecular formula is C15H18BrNO2S2. The monoisotopic (exact) mass is 387 g/mol. The molecule has 0 bridgehead atoms. The van der Waals surface area contributed by atoms with Crippen LogP contribution in [0.3, 0.4) is 0 Å². The minimum atomic E-state index is -3.14. The minimum Gasteiger partial charge on any atom is -0.310 e. The van der Waals surface area contributed by atoms with Gasteiger partial charge in [-0.25, -0.2) is 8.42 Å². The Kier molecular flexibility index (Phi) is 5.60. The second-order valence-electron chi connectivity index (χ2n) is 4.86. The van der Waals surface area contributed by atoms with Crippen molar-refractivity contribution in [1.29, 1.82) is 0 Å². The van der Waals surface area contributed by atoms with Crippen molar-refractivity contribution in [3.8, 4) is 0 Å². The molecule has 6 heteroatoms. The van der Waals surface area contributed by atoms with Gasteiger partial charge in [0.05, 0.1) is 8.68 Å². The number of rotatable bonds is 6. The largest absolute Gasteiger partial charge is 0.310 e. The maximum atomic E-state index is 11.5. The van der Waals surface area contributed by atoms with Crippen molar-refractivity contribution in [3.05, 3.63) is 50.6 Å². The summed E-state index contributed by atoms with van der Waals surface area (Å²) in [7, 11) is -3.14. The molecule has 1 aromatic carbocycles. The summed E-state index contributed by atoms with van der Waals surface area (Å²) in [5, 5.41) is 3.46. The fraction of sp³-hybridized carbons (Fsp3) is 0.333. The molecule has 0 radical (unpaired) electrons. The highest BCUT2D eigenvalue weighted by atomic mass is 79.9. The van der Waals surface area contributed by atoms with Crippen LogP contribution < -0.4 is 5.32 Å². The van der Waals surface area contributed by atoms with E-state index in [9.17, 15) is 8.42 Å². The van der Waals surface area contributed by atoms with E-state index in [0.29, 0.717) is 4.90 Å². The predicted molar refractivity (Wildman–Crippen MR) is 91.7 cm³/mol. The summed E-state index contributed by atoms with van der Waals surface area (Å²) in [6, 6.07) is 11.5. The van der Waals surface area contributed by atoms with Gasteiger partial charge >= 0.3 is 0 Å². The highest BCUT2D eigenvalue weighted by molar-refractivity contribution is 9.11. The zero-order valence-corrected chi connectivity index (χ0v) is 15.2. The van der Waals surface area contributed by atoms with E-state index in [-0.39, 0.29) is 6.04 Å². The van der Waals surface area contributed by atoms with Gasteiger partial charge in [0.15, 0.2) is 9.84 Å². The number of hydrogen-bond donors (Lipinski definition) is 1. The predicted octanol–water partition coefficient (Wildman–Crippen LogP) is 3.81. The van der Waals surface area contributed by atoms with Gasteiger partial charge < -0.3 is 5.32 Å². The van der Waals surface area contributed by atoms with Gasteiger partial charge in [-0.15, -0.1) is 11.3 Å². The van der Waals surface area contributed by atoms with Crippen molar-refractivity contribution >= 4 is 37.1 Å². The van der Waals surface area contributed by atoms with E-state index in [0.717, 1.165) is 22.3 Å². The summed E-state index contributed by atoms with van der Waals surface area (Å²) in [6.07, 6.45) is 2.12. The molecule has 1 N–H and O–H groups in total. The maximum Gasteiger partial charge on any atom is 0.175 e. The summed E-state index contributed by atoms with van der Waals surface area (Å²) in [6.45, 7) is 2.94. The smallest absolute Gasteiger partial charge is 0.175 e. The van der Waals surface area contributed by atoms with Crippen LogP contribution >= 0.6 is 27.3 Å². The lowest BCUT2D eigenvalue weighted by molar-refractivity contribution is 0.553. The zero-order chi connectivity index (χ0) is 15.5. The summed E-state index contributed by atoms with van der Waals surface area (Å²) in [5.41, 5.74) is 1.11. The molecule has 21 heavy (non-hydrogen) atoms. The Hall–Kier alpha value is -0.690. The van der Waals surface area contributed by atoms with Gasteiger partial charge in [-0.05, 0) is 52.3 Å². The Morgan fingerprint density at radius 3 is 2.33 bits per heavy atom. The number of benzene rings is 1. The normalized spacial score (nSPS) is 13.3. The van der Waals surface area contributed by atoms with E-state index in [4.69, 9.17) is 0 Å². The van der Waals surface area contributed by atoms with Crippen LogP contribution in [0.15, 0.2) is 45.1 Å². The number of hydrogen-bond acceptors (Lipinski definition) is 4. The molecule has 0 aliphatic heterocycles. The number of halogens is 1. The lowest BCUT2D eigenvalue weighted by Crippen LogP contribution is -2.22. The van der Waals surface area contributed by atoms with Crippen LogP contribution in [-0.4, -0.2) is 21.2 Å². The van der Waals surface area contributed by atoms with Gasteiger partial charge in [-0.2, -0.15) is 0 Å². The second-order valence-corrected chi connectivity index (χ2v) is 9.42. The molecule has 1 aromatic heterocycles. The molecule has 0 spiro atoms. The van der Waals surface area contributed by atoms with E-state index in [2.05, 4.69) is 40.3 Å². The molecular weight excluding hydrogens is 370 g/mol. The average Bonchev–Trinajstić information content (AvgIpc) is 2.83. The molecule has 1 unspecified atom stereocenters. The molecule has 3 nitrogen and oxygen atoms in total. The van der Waals surface area contributed by atoms with Crippen LogP contribution in [0.1, 0.15) is 23.4 Å². The van der Waals surface area contributed by atoms with Crippen LogP contribution in [0.4, 0.5) is 0 Å². The first-order valence-corrected chi connectivity index (χ1v) is 10.2. The second kappa shape index (κ2) is 7.05. The molecule has 0 aliphatic carbocycles. The van der Waals surface area contributed by atoms with Crippen molar-refractivity contribution in [2.45, 2.75) is 24.3 Å². The molecule has 114 valence electrons. The van der Waals surface area contributed by atoms with Crippen molar-refractivity contribution in [2.24, 2.45) is 0 Å². The van der Waals surface area contributed by atoms with Crippen molar-refractivity contribution in [1.82, 2.24) is 5.32 Å². The Balaban J connectivity index is 2.21. The van der Waals surface area contributed by atoms with Gasteiger partial charge in [0.1, 0.15) is 0 Å². The van der Waals surface area contributed by atoms with E-state index in [1.165, 1.54) is 11.1 Å². The lowest BCUT2D eigenvalue weighted by atomic mass is 10.0. The standard InChI is InChI=1S/C15H18BrNO2S2/c1-3-17-14(10-12-6-9-15(16)20-12)11-4-7-13(8-5-11)21(2,18)19/h4-9,14,17H,3,10H2,1-2H3. The first-order valence-electron chi connectivity index (χ1n) is 6.67. The molecule has 1 atom stereocenters. The highest BCUT2D eigenvalue weighted by Crippen LogP contribution is 2.27. The van der Waals surface area contributed by atoms with Crippen molar-refractivity contribution < 1.29 is 8.42 Å². The third-order valence-electron chi connectivity index (χ3n) is 3.20. The zero-order valence-electron chi connectivity index (χ0n) is 12.0. The highest BCUT2D eigenvalue weighted by Gasteiger charge is 2.14. The van der Waals surface area contributed by atoms with Crippen LogP contribution in [-0.2, 0) is 16.3 Å². The third-order valence-corrected chi connectivity index (χ3v) is 5.97. The fourth-order valence-electron chi connectivity index (χ4n) is 2.16. The Bertz CT molecular complexity index is 693. The van der Waals surface area contributed by atoms with Crippen LogP contribution in [0.5, 0.6) is 0 Å². The first kappa shape index (κ1) is 16.7. The van der Waals surface area contributed by atoms with E-state index >= 15 is 0 Å². The fourth-order valence-corrected chi connectivity index (χ4v) is 4.32. The first-order chi connectivity index (χ1) is 9.90. The maximum absolute atomic E-state index is 11.5. The molecule has 2 rings (SSSR count). The molecule has 0 saturated carbocycles. The Morgan fingerprint density at radius 1 is 1.19 bits per heavy atom.